The molecule has 2 aromatic rings. The van der Waals surface area contributed by atoms with Crippen molar-refractivity contribution in [2.24, 2.45) is 0 Å². The Kier molecular flexibility index (Phi) is 7.26. The van der Waals surface area contributed by atoms with Gasteiger partial charge in [-0.1, -0.05) is 6.08 Å². The van der Waals surface area contributed by atoms with Crippen LogP contribution in [0.4, 0.5) is 29.5 Å². The maximum Gasteiger partial charge on any atom is 0.420 e. The molecule has 0 unspecified atom stereocenters. The van der Waals surface area contributed by atoms with Gasteiger partial charge < -0.3 is 19.5 Å². The van der Waals surface area contributed by atoms with Crippen LogP contribution >= 0.6 is 0 Å². The third-order valence-electron chi connectivity index (χ3n) is 5.75. The maximum absolute atomic E-state index is 13.6. The van der Waals surface area contributed by atoms with E-state index in [1.165, 1.54) is 12.1 Å². The van der Waals surface area contributed by atoms with Crippen LogP contribution in [0.1, 0.15) is 37.0 Å². The van der Waals surface area contributed by atoms with Gasteiger partial charge in [0.25, 0.3) is 0 Å². The van der Waals surface area contributed by atoms with Crippen LogP contribution in [-0.2, 0) is 20.4 Å². The van der Waals surface area contributed by atoms with Gasteiger partial charge in [0.1, 0.15) is 11.6 Å². The Hall–Kier alpha value is -3.86. The molecule has 2 aliphatic rings. The molecule has 0 radical (unpaired) electrons. The third-order valence-corrected chi connectivity index (χ3v) is 5.75. The Morgan fingerprint density at radius 3 is 2.59 bits per heavy atom. The normalized spacial score (nSPS) is 16.8. The first-order valence-corrected chi connectivity index (χ1v) is 11.6. The number of hydrogen-bond donors (Lipinski definition) is 2. The second kappa shape index (κ2) is 10.3. The number of pyridine rings is 1. The zero-order chi connectivity index (χ0) is 26.8. The number of ketones is 1. The molecule has 1 aromatic carbocycles. The van der Waals surface area contributed by atoms with Gasteiger partial charge in [0.05, 0.1) is 25.4 Å². The number of hydrogen-bond acceptors (Lipinski definition) is 6. The second-order valence-electron chi connectivity index (χ2n) is 8.95. The molecule has 11 heteroatoms. The fraction of sp³-hybridized carbons (Fsp3) is 0.346. The smallest absolute Gasteiger partial charge is 0.420 e. The van der Waals surface area contributed by atoms with Crippen molar-refractivity contribution >= 4 is 28.9 Å². The van der Waals surface area contributed by atoms with E-state index in [9.17, 15) is 22.8 Å². The van der Waals surface area contributed by atoms with Crippen molar-refractivity contribution in [3.8, 4) is 5.75 Å². The molecular weight excluding hydrogens is 491 g/mol. The van der Waals surface area contributed by atoms with E-state index in [4.69, 9.17) is 14.2 Å². The Morgan fingerprint density at radius 2 is 1.97 bits per heavy atom. The number of anilines is 2. The Bertz CT molecular complexity index is 1280. The first-order chi connectivity index (χ1) is 17.5. The first-order valence-electron chi connectivity index (χ1n) is 11.6. The number of rotatable bonds is 7. The number of halogens is 3. The molecule has 0 bridgehead atoms. The Morgan fingerprint density at radius 1 is 1.22 bits per heavy atom. The van der Waals surface area contributed by atoms with Crippen molar-refractivity contribution in [2.45, 2.75) is 39.0 Å². The lowest BCUT2D eigenvalue weighted by molar-refractivity contribution is -0.160. The molecule has 2 heterocycles. The molecule has 1 aliphatic heterocycles. The number of aromatic nitrogens is 1. The number of carbonyl (C=O) groups is 2. The zero-order valence-corrected chi connectivity index (χ0v) is 20.5. The molecule has 0 atom stereocenters. The van der Waals surface area contributed by atoms with E-state index < -0.39 is 23.4 Å². The number of ether oxygens (including phenoxy) is 3. The van der Waals surface area contributed by atoms with Crippen LogP contribution in [0.25, 0.3) is 5.57 Å². The summed E-state index contributed by atoms with van der Waals surface area (Å²) in [5.74, 6) is 0.0444. The summed E-state index contributed by atoms with van der Waals surface area (Å²) in [6.45, 7) is 6.02. The summed E-state index contributed by atoms with van der Waals surface area (Å²) in [5.41, 5.74) is 0.403. The highest BCUT2D eigenvalue weighted by Gasteiger charge is 2.40. The van der Waals surface area contributed by atoms with E-state index in [0.29, 0.717) is 6.61 Å². The number of nitrogens with zero attached hydrogens (tertiary/aromatic N) is 1. The monoisotopic (exact) mass is 517 g/mol. The average molecular weight is 518 g/mol. The number of amides is 2. The lowest BCUT2D eigenvalue weighted by Gasteiger charge is -2.38. The van der Waals surface area contributed by atoms with Gasteiger partial charge in [0.15, 0.2) is 11.4 Å². The highest BCUT2D eigenvalue weighted by Crippen LogP contribution is 2.40. The van der Waals surface area contributed by atoms with Crippen LogP contribution in [0.15, 0.2) is 48.4 Å². The van der Waals surface area contributed by atoms with E-state index in [2.05, 4.69) is 15.6 Å². The predicted molar refractivity (Wildman–Crippen MR) is 130 cm³/mol. The molecule has 0 saturated carbocycles. The summed E-state index contributed by atoms with van der Waals surface area (Å²) in [5, 5.41) is 4.92. The molecule has 2 amide bonds. The van der Waals surface area contributed by atoms with Gasteiger partial charge in [0, 0.05) is 23.9 Å². The quantitative estimate of drug-likeness (QED) is 0.504. The Balaban J connectivity index is 1.46. The van der Waals surface area contributed by atoms with E-state index in [1.54, 1.807) is 38.3 Å². The number of alkyl halides is 3. The standard InChI is InChI=1S/C26H26F3N3O5/c1-4-36-22-10-16(5-7-20(22)33)18-12-30-23(9-15(18)2)32-24(34)31-17-6-8-21(19(11-17)26(27,28)29)37-25(3)13-35-14-25/h5-6,8-12H,4,7,13-14H2,1-3H3,(H2,30,31,32,34). The van der Waals surface area contributed by atoms with Crippen molar-refractivity contribution < 1.29 is 37.0 Å². The minimum absolute atomic E-state index is 0.0638. The van der Waals surface area contributed by atoms with Gasteiger partial charge in [-0.15, -0.1) is 0 Å². The lowest BCUT2D eigenvalue weighted by Crippen LogP contribution is -2.51. The van der Waals surface area contributed by atoms with E-state index in [-0.39, 0.29) is 48.4 Å². The van der Waals surface area contributed by atoms with Crippen molar-refractivity contribution in [3.05, 3.63) is 65.1 Å². The number of Topliss-reactive ketones (excluding diaryl/α,β-unsaturated/α-hetero) is 1. The molecule has 4 rings (SSSR count). The van der Waals surface area contributed by atoms with Crippen molar-refractivity contribution in [3.63, 3.8) is 0 Å². The molecular formula is C26H26F3N3O5. The van der Waals surface area contributed by atoms with Crippen LogP contribution < -0.4 is 15.4 Å². The summed E-state index contributed by atoms with van der Waals surface area (Å²) in [6, 6.07) is 4.18. The summed E-state index contributed by atoms with van der Waals surface area (Å²) in [4.78, 5) is 28.7. The summed E-state index contributed by atoms with van der Waals surface area (Å²) in [7, 11) is 0. The van der Waals surface area contributed by atoms with Crippen molar-refractivity contribution in [1.82, 2.24) is 4.98 Å². The van der Waals surface area contributed by atoms with Crippen molar-refractivity contribution in [1.29, 1.82) is 0 Å². The van der Waals surface area contributed by atoms with E-state index >= 15 is 0 Å². The molecule has 1 aliphatic carbocycles. The fourth-order valence-corrected chi connectivity index (χ4v) is 3.89. The highest BCUT2D eigenvalue weighted by atomic mass is 19.4. The van der Waals surface area contributed by atoms with Crippen LogP contribution in [-0.4, -0.2) is 42.2 Å². The maximum atomic E-state index is 13.6. The largest absolute Gasteiger partial charge is 0.490 e. The highest BCUT2D eigenvalue weighted by molar-refractivity contribution is 6.01. The molecule has 37 heavy (non-hydrogen) atoms. The SMILES string of the molecule is CCOC1=CC(c2cnc(NC(=O)Nc3ccc(OC4(C)COC4)c(C(F)(F)F)c3)cc2C)=CCC1=O. The summed E-state index contributed by atoms with van der Waals surface area (Å²) in [6.07, 6.45) is 0.501. The summed E-state index contributed by atoms with van der Waals surface area (Å²) < 4.78 is 56.9. The lowest BCUT2D eigenvalue weighted by atomic mass is 9.96. The van der Waals surface area contributed by atoms with Gasteiger partial charge in [-0.25, -0.2) is 9.78 Å². The second-order valence-corrected chi connectivity index (χ2v) is 8.95. The number of carbonyl (C=O) groups excluding carboxylic acids is 2. The van der Waals surface area contributed by atoms with Gasteiger partial charge in [-0.3, -0.25) is 10.1 Å². The molecule has 196 valence electrons. The topological polar surface area (TPSA) is 98.8 Å². The van der Waals surface area contributed by atoms with Crippen LogP contribution in [0.3, 0.4) is 0 Å². The number of allylic oxidation sites excluding steroid dienone is 4. The van der Waals surface area contributed by atoms with Gasteiger partial charge in [-0.05, 0) is 62.2 Å². The Labute approximate surface area is 211 Å². The van der Waals surface area contributed by atoms with E-state index in [1.807, 2.05) is 6.92 Å². The number of urea groups is 1. The van der Waals surface area contributed by atoms with Gasteiger partial charge in [0.2, 0.25) is 5.78 Å². The number of benzene rings is 1. The fourth-order valence-electron chi connectivity index (χ4n) is 3.89. The molecule has 1 saturated heterocycles. The molecule has 8 nitrogen and oxygen atoms in total. The molecule has 2 N–H and O–H groups in total. The third kappa shape index (κ3) is 6.11. The van der Waals surface area contributed by atoms with Crippen LogP contribution in [0, 0.1) is 6.92 Å². The minimum atomic E-state index is -4.69. The number of aryl methyl sites for hydroxylation is 1. The zero-order valence-electron chi connectivity index (χ0n) is 20.5. The summed E-state index contributed by atoms with van der Waals surface area (Å²) >= 11 is 0. The molecule has 1 aromatic heterocycles. The van der Waals surface area contributed by atoms with Crippen LogP contribution in [0.5, 0.6) is 5.75 Å². The van der Waals surface area contributed by atoms with Crippen LogP contribution in [0.2, 0.25) is 0 Å². The predicted octanol–water partition coefficient (Wildman–Crippen LogP) is 5.50. The van der Waals surface area contributed by atoms with Gasteiger partial charge in [-0.2, -0.15) is 13.2 Å². The molecule has 0 spiro atoms. The number of nitrogens with one attached hydrogen (secondary N) is 2. The van der Waals surface area contributed by atoms with Gasteiger partial charge >= 0.3 is 12.2 Å². The molecule has 1 fully saturated rings. The first kappa shape index (κ1) is 26.2. The minimum Gasteiger partial charge on any atom is -0.490 e. The average Bonchev–Trinajstić information content (AvgIpc) is 2.80. The van der Waals surface area contributed by atoms with E-state index in [0.717, 1.165) is 22.8 Å². The van der Waals surface area contributed by atoms with Crippen molar-refractivity contribution in [2.75, 3.05) is 30.5 Å².